The van der Waals surface area contributed by atoms with Crippen molar-refractivity contribution in [1.29, 1.82) is 0 Å². The first-order valence-corrected chi connectivity index (χ1v) is 9.38. The Hall–Kier alpha value is -2.52. The Bertz CT molecular complexity index is 896. The molecule has 1 atom stereocenters. The highest BCUT2D eigenvalue weighted by molar-refractivity contribution is 7.83. The molecule has 0 spiro atoms. The first-order chi connectivity index (χ1) is 12.1. The second kappa shape index (κ2) is 8.04. The summed E-state index contributed by atoms with van der Waals surface area (Å²) in [7, 11) is -1.36. The molecular formula is C22H21NOS. The second-order valence-electron chi connectivity index (χ2n) is 6.20. The highest BCUT2D eigenvalue weighted by Crippen LogP contribution is 2.13. The van der Waals surface area contributed by atoms with E-state index >= 15 is 0 Å². The van der Waals surface area contributed by atoms with Crippen LogP contribution in [0.25, 0.3) is 0 Å². The van der Waals surface area contributed by atoms with Crippen LogP contribution in [0.3, 0.4) is 0 Å². The van der Waals surface area contributed by atoms with Crippen molar-refractivity contribution in [3.63, 3.8) is 0 Å². The highest BCUT2D eigenvalue weighted by atomic mass is 32.2. The van der Waals surface area contributed by atoms with Crippen LogP contribution in [0, 0.1) is 13.8 Å². The van der Waals surface area contributed by atoms with E-state index in [1.807, 2.05) is 43.3 Å². The van der Waals surface area contributed by atoms with E-state index in [-0.39, 0.29) is 0 Å². The summed E-state index contributed by atoms with van der Waals surface area (Å²) in [6.45, 7) is 4.12. The Kier molecular flexibility index (Phi) is 5.56. The van der Waals surface area contributed by atoms with Crippen LogP contribution in [-0.4, -0.2) is 10.4 Å². The van der Waals surface area contributed by atoms with Gasteiger partial charge in [-0.2, -0.15) is 4.40 Å². The van der Waals surface area contributed by atoms with E-state index < -0.39 is 11.0 Å². The van der Waals surface area contributed by atoms with Gasteiger partial charge in [0.25, 0.3) is 0 Å². The van der Waals surface area contributed by atoms with Crippen molar-refractivity contribution in [3.05, 3.63) is 101 Å². The number of benzene rings is 3. The zero-order chi connectivity index (χ0) is 17.6. The molecule has 0 N–H and O–H groups in total. The Morgan fingerprint density at radius 1 is 0.840 bits per heavy atom. The number of nitrogens with zero attached hydrogens (tertiary/aromatic N) is 1. The fourth-order valence-corrected chi connectivity index (χ4v) is 3.31. The molecule has 0 saturated carbocycles. The Morgan fingerprint density at radius 3 is 2.24 bits per heavy atom. The van der Waals surface area contributed by atoms with Crippen LogP contribution in [-0.2, 0) is 17.4 Å². The maximum absolute atomic E-state index is 12.2. The van der Waals surface area contributed by atoms with Crippen LogP contribution in [0.1, 0.15) is 27.8 Å². The van der Waals surface area contributed by atoms with Crippen LogP contribution in [0.4, 0.5) is 0 Å². The maximum atomic E-state index is 12.2. The quantitative estimate of drug-likeness (QED) is 0.595. The summed E-state index contributed by atoms with van der Waals surface area (Å²) in [5, 5.41) is 0. The molecule has 0 aliphatic carbocycles. The fourth-order valence-electron chi connectivity index (χ4n) is 2.60. The first kappa shape index (κ1) is 17.3. The SMILES string of the molecule is Cc1ccc([S@@](=O)N=Cc2ccc(Cc3cccc(C)c3)cc2)cc1. The normalized spacial score (nSPS) is 12.4. The maximum Gasteiger partial charge on any atom is 0.172 e. The molecule has 0 saturated heterocycles. The topological polar surface area (TPSA) is 29.4 Å². The summed E-state index contributed by atoms with van der Waals surface area (Å²) < 4.78 is 16.3. The predicted molar refractivity (Wildman–Crippen MR) is 106 cm³/mol. The van der Waals surface area contributed by atoms with Crippen molar-refractivity contribution in [3.8, 4) is 0 Å². The molecule has 3 aromatic carbocycles. The minimum atomic E-state index is -1.36. The first-order valence-electron chi connectivity index (χ1n) is 8.27. The Labute approximate surface area is 151 Å². The van der Waals surface area contributed by atoms with E-state index in [2.05, 4.69) is 47.7 Å². The van der Waals surface area contributed by atoms with Gasteiger partial charge in [0.15, 0.2) is 11.0 Å². The van der Waals surface area contributed by atoms with Gasteiger partial charge in [0.1, 0.15) is 0 Å². The third-order valence-corrected chi connectivity index (χ3v) is 4.96. The van der Waals surface area contributed by atoms with Crippen LogP contribution < -0.4 is 0 Å². The number of hydrogen-bond donors (Lipinski definition) is 0. The lowest BCUT2D eigenvalue weighted by molar-refractivity contribution is 0.684. The molecule has 3 heteroatoms. The van der Waals surface area contributed by atoms with Crippen molar-refractivity contribution in [1.82, 2.24) is 0 Å². The van der Waals surface area contributed by atoms with Gasteiger partial charge in [-0.3, -0.25) is 0 Å². The molecule has 0 aliphatic rings. The fraction of sp³-hybridized carbons (Fsp3) is 0.136. The predicted octanol–water partition coefficient (Wildman–Crippen LogP) is 5.04. The molecule has 0 radical (unpaired) electrons. The van der Waals surface area contributed by atoms with Gasteiger partial charge in [0.05, 0.1) is 4.90 Å². The minimum Gasteiger partial charge on any atom is -0.229 e. The molecule has 0 amide bonds. The Morgan fingerprint density at radius 2 is 1.56 bits per heavy atom. The molecule has 0 bridgehead atoms. The zero-order valence-electron chi connectivity index (χ0n) is 14.5. The van der Waals surface area contributed by atoms with Gasteiger partial charge in [-0.1, -0.05) is 71.8 Å². The molecule has 0 aliphatic heterocycles. The number of aryl methyl sites for hydroxylation is 2. The largest absolute Gasteiger partial charge is 0.229 e. The highest BCUT2D eigenvalue weighted by Gasteiger charge is 2.01. The van der Waals surface area contributed by atoms with Crippen molar-refractivity contribution in [2.24, 2.45) is 4.40 Å². The summed E-state index contributed by atoms with van der Waals surface area (Å²) in [5.41, 5.74) is 5.94. The third kappa shape index (κ3) is 4.97. The number of hydrogen-bond acceptors (Lipinski definition) is 1. The molecule has 0 aromatic heterocycles. The van der Waals surface area contributed by atoms with Crippen LogP contribution in [0.2, 0.25) is 0 Å². The van der Waals surface area contributed by atoms with Gasteiger partial charge in [-0.25, -0.2) is 4.21 Å². The van der Waals surface area contributed by atoms with Gasteiger partial charge in [-0.05, 0) is 49.1 Å². The summed E-state index contributed by atoms with van der Waals surface area (Å²) >= 11 is 0. The van der Waals surface area contributed by atoms with E-state index in [0.717, 1.165) is 22.4 Å². The van der Waals surface area contributed by atoms with Crippen LogP contribution in [0.15, 0.2) is 82.1 Å². The molecular weight excluding hydrogens is 326 g/mol. The molecule has 0 fully saturated rings. The monoisotopic (exact) mass is 347 g/mol. The van der Waals surface area contributed by atoms with Crippen LogP contribution >= 0.6 is 0 Å². The van der Waals surface area contributed by atoms with Crippen molar-refractivity contribution in [2.45, 2.75) is 25.2 Å². The summed E-state index contributed by atoms with van der Waals surface area (Å²) in [6.07, 6.45) is 2.58. The Balaban J connectivity index is 1.66. The van der Waals surface area contributed by atoms with Gasteiger partial charge in [0, 0.05) is 6.21 Å². The zero-order valence-corrected chi connectivity index (χ0v) is 15.3. The lowest BCUT2D eigenvalue weighted by Crippen LogP contribution is -1.91. The van der Waals surface area contributed by atoms with Gasteiger partial charge < -0.3 is 0 Å². The average Bonchev–Trinajstić information content (AvgIpc) is 2.61. The molecule has 0 unspecified atom stereocenters. The average molecular weight is 347 g/mol. The van der Waals surface area contributed by atoms with Gasteiger partial charge in [-0.15, -0.1) is 0 Å². The van der Waals surface area contributed by atoms with Crippen molar-refractivity contribution >= 4 is 17.2 Å². The van der Waals surface area contributed by atoms with Crippen molar-refractivity contribution in [2.75, 3.05) is 0 Å². The van der Waals surface area contributed by atoms with E-state index in [0.29, 0.717) is 0 Å². The smallest absolute Gasteiger partial charge is 0.172 e. The van der Waals surface area contributed by atoms with E-state index in [1.165, 1.54) is 16.7 Å². The summed E-state index contributed by atoms with van der Waals surface area (Å²) in [5.74, 6) is 0. The van der Waals surface area contributed by atoms with E-state index in [1.54, 1.807) is 6.21 Å². The molecule has 126 valence electrons. The molecule has 3 rings (SSSR count). The van der Waals surface area contributed by atoms with E-state index in [4.69, 9.17) is 0 Å². The summed E-state index contributed by atoms with van der Waals surface area (Å²) in [6, 6.07) is 24.4. The number of rotatable bonds is 5. The second-order valence-corrected chi connectivity index (χ2v) is 7.38. The standard InChI is InChI=1S/C22H21NOS/c1-17-6-12-22(13-7-17)25(24)23-16-20-10-8-19(9-11-20)15-21-5-3-4-18(2)14-21/h3-14,16H,15H2,1-2H3/t25-/m1/s1. The molecule has 25 heavy (non-hydrogen) atoms. The third-order valence-electron chi connectivity index (χ3n) is 3.99. The van der Waals surface area contributed by atoms with Crippen molar-refractivity contribution < 1.29 is 4.21 Å². The molecule has 3 aromatic rings. The van der Waals surface area contributed by atoms with Crippen LogP contribution in [0.5, 0.6) is 0 Å². The van der Waals surface area contributed by atoms with Gasteiger partial charge >= 0.3 is 0 Å². The lowest BCUT2D eigenvalue weighted by atomic mass is 10.0. The van der Waals surface area contributed by atoms with Gasteiger partial charge in [0.2, 0.25) is 0 Å². The molecule has 2 nitrogen and oxygen atoms in total. The minimum absolute atomic E-state index is 0.720. The lowest BCUT2D eigenvalue weighted by Gasteiger charge is -2.04. The summed E-state index contributed by atoms with van der Waals surface area (Å²) in [4.78, 5) is 0.720. The molecule has 0 heterocycles. The van der Waals surface area contributed by atoms with E-state index in [9.17, 15) is 4.21 Å².